The van der Waals surface area contributed by atoms with Crippen molar-refractivity contribution in [2.45, 2.75) is 32.8 Å². The van der Waals surface area contributed by atoms with Crippen molar-refractivity contribution in [1.82, 2.24) is 4.90 Å². The number of rotatable bonds is 2. The highest BCUT2D eigenvalue weighted by atomic mass is 16.3. The summed E-state index contributed by atoms with van der Waals surface area (Å²) in [6, 6.07) is 5.44. The largest absolute Gasteiger partial charge is 0.399 e. The molecule has 19 heavy (non-hydrogen) atoms. The van der Waals surface area contributed by atoms with E-state index in [2.05, 4.69) is 0 Å². The quantitative estimate of drug-likeness (QED) is 0.799. The molecule has 0 aromatic heterocycles. The Labute approximate surface area is 114 Å². The van der Waals surface area contributed by atoms with Crippen LogP contribution in [-0.2, 0) is 0 Å². The van der Waals surface area contributed by atoms with Gasteiger partial charge >= 0.3 is 0 Å². The van der Waals surface area contributed by atoms with E-state index in [4.69, 9.17) is 5.73 Å². The summed E-state index contributed by atoms with van der Waals surface area (Å²) in [7, 11) is 0. The molecule has 3 N–H and O–H groups in total. The molecule has 1 heterocycles. The van der Waals surface area contributed by atoms with Gasteiger partial charge in [-0.15, -0.1) is 0 Å². The monoisotopic (exact) mass is 262 g/mol. The Morgan fingerprint density at radius 1 is 1.42 bits per heavy atom. The Hall–Kier alpha value is -1.55. The Bertz CT molecular complexity index is 463. The van der Waals surface area contributed by atoms with Crippen molar-refractivity contribution in [2.24, 2.45) is 5.92 Å². The molecule has 1 aliphatic rings. The van der Waals surface area contributed by atoms with Gasteiger partial charge in [-0.05, 0) is 50.3 Å². The van der Waals surface area contributed by atoms with Crippen LogP contribution in [0.2, 0.25) is 0 Å². The maximum absolute atomic E-state index is 12.5. The Morgan fingerprint density at radius 3 is 2.63 bits per heavy atom. The number of aryl methyl sites for hydroxylation is 1. The number of aliphatic hydroxyl groups excluding tert-OH is 1. The fourth-order valence-corrected chi connectivity index (χ4v) is 2.63. The minimum atomic E-state index is -0.286. The van der Waals surface area contributed by atoms with E-state index >= 15 is 0 Å². The lowest BCUT2D eigenvalue weighted by Crippen LogP contribution is -2.41. The maximum Gasteiger partial charge on any atom is 0.254 e. The van der Waals surface area contributed by atoms with Crippen LogP contribution in [-0.4, -0.2) is 35.1 Å². The third-order valence-electron chi connectivity index (χ3n) is 4.00. The molecule has 1 aliphatic heterocycles. The minimum absolute atomic E-state index is 0.0499. The highest BCUT2D eigenvalue weighted by molar-refractivity contribution is 5.96. The van der Waals surface area contributed by atoms with E-state index in [0.29, 0.717) is 30.3 Å². The second-order valence-corrected chi connectivity index (χ2v) is 5.44. The summed E-state index contributed by atoms with van der Waals surface area (Å²) in [6.45, 7) is 5.17. The molecule has 104 valence electrons. The first-order chi connectivity index (χ1) is 8.99. The summed E-state index contributed by atoms with van der Waals surface area (Å²) in [4.78, 5) is 14.3. The van der Waals surface area contributed by atoms with Crippen molar-refractivity contribution >= 4 is 11.6 Å². The predicted molar refractivity (Wildman–Crippen MR) is 75.9 cm³/mol. The van der Waals surface area contributed by atoms with Crippen LogP contribution in [0.25, 0.3) is 0 Å². The highest BCUT2D eigenvalue weighted by Crippen LogP contribution is 2.23. The predicted octanol–water partition coefficient (Wildman–Crippen LogP) is 1.81. The van der Waals surface area contributed by atoms with E-state index in [1.54, 1.807) is 6.07 Å². The van der Waals surface area contributed by atoms with Crippen LogP contribution >= 0.6 is 0 Å². The van der Waals surface area contributed by atoms with Crippen molar-refractivity contribution in [3.05, 3.63) is 29.3 Å². The van der Waals surface area contributed by atoms with Crippen molar-refractivity contribution < 1.29 is 9.90 Å². The molecule has 1 unspecified atom stereocenters. The van der Waals surface area contributed by atoms with Gasteiger partial charge in [0.2, 0.25) is 0 Å². The average molecular weight is 262 g/mol. The molecule has 0 saturated carbocycles. The standard InChI is InChI=1S/C15H22N2O2/c1-10-3-4-13(16)9-14(10)15(19)17-7-5-12(6-8-17)11(2)18/h3-4,9,11-12,18H,5-8,16H2,1-2H3. The molecule has 4 nitrogen and oxygen atoms in total. The molecule has 4 heteroatoms. The SMILES string of the molecule is Cc1ccc(N)cc1C(=O)N1CCC(C(C)O)CC1. The highest BCUT2D eigenvalue weighted by Gasteiger charge is 2.26. The summed E-state index contributed by atoms with van der Waals surface area (Å²) in [5.74, 6) is 0.361. The molecule has 1 atom stereocenters. The zero-order chi connectivity index (χ0) is 14.0. The molecule has 1 amide bonds. The summed E-state index contributed by atoms with van der Waals surface area (Å²) in [5, 5.41) is 9.58. The molecule has 1 aromatic rings. The van der Waals surface area contributed by atoms with Crippen LogP contribution in [0.5, 0.6) is 0 Å². The smallest absolute Gasteiger partial charge is 0.254 e. The van der Waals surface area contributed by atoms with E-state index < -0.39 is 0 Å². The number of nitrogen functional groups attached to an aromatic ring is 1. The Balaban J connectivity index is 2.07. The number of carbonyl (C=O) groups excluding carboxylic acids is 1. The molecule has 0 bridgehead atoms. The molecular weight excluding hydrogens is 240 g/mol. The lowest BCUT2D eigenvalue weighted by molar-refractivity contribution is 0.0521. The number of hydrogen-bond donors (Lipinski definition) is 2. The van der Waals surface area contributed by atoms with Gasteiger partial charge < -0.3 is 15.7 Å². The number of nitrogens with two attached hydrogens (primary N) is 1. The lowest BCUT2D eigenvalue weighted by atomic mass is 9.91. The van der Waals surface area contributed by atoms with E-state index in [-0.39, 0.29) is 12.0 Å². The molecule has 1 fully saturated rings. The molecular formula is C15H22N2O2. The first kappa shape index (κ1) is 13.9. The topological polar surface area (TPSA) is 66.6 Å². The third kappa shape index (κ3) is 3.07. The average Bonchev–Trinajstić information content (AvgIpc) is 2.41. The normalized spacial score (nSPS) is 18.4. The number of benzene rings is 1. The number of aliphatic hydroxyl groups is 1. The molecule has 2 rings (SSSR count). The molecule has 0 spiro atoms. The van der Waals surface area contributed by atoms with Gasteiger partial charge in [-0.25, -0.2) is 0 Å². The third-order valence-corrected chi connectivity index (χ3v) is 4.00. The molecule has 0 aliphatic carbocycles. The molecule has 0 radical (unpaired) electrons. The van der Waals surface area contributed by atoms with Gasteiger partial charge in [0.25, 0.3) is 5.91 Å². The van der Waals surface area contributed by atoms with Gasteiger partial charge in [-0.2, -0.15) is 0 Å². The van der Waals surface area contributed by atoms with Crippen molar-refractivity contribution in [3.63, 3.8) is 0 Å². The lowest BCUT2D eigenvalue weighted by Gasteiger charge is -2.33. The number of nitrogens with zero attached hydrogens (tertiary/aromatic N) is 1. The zero-order valence-electron chi connectivity index (χ0n) is 11.6. The van der Waals surface area contributed by atoms with E-state index in [0.717, 1.165) is 18.4 Å². The van der Waals surface area contributed by atoms with Crippen molar-refractivity contribution in [1.29, 1.82) is 0 Å². The number of piperidine rings is 1. The van der Waals surface area contributed by atoms with E-state index in [9.17, 15) is 9.90 Å². The van der Waals surface area contributed by atoms with Gasteiger partial charge in [0, 0.05) is 24.3 Å². The fraction of sp³-hybridized carbons (Fsp3) is 0.533. The summed E-state index contributed by atoms with van der Waals surface area (Å²) in [6.07, 6.45) is 1.45. The summed E-state index contributed by atoms with van der Waals surface area (Å²) in [5.41, 5.74) is 8.02. The Kier molecular flexibility index (Phi) is 4.10. The first-order valence-electron chi connectivity index (χ1n) is 6.82. The number of hydrogen-bond acceptors (Lipinski definition) is 3. The fourth-order valence-electron chi connectivity index (χ4n) is 2.63. The van der Waals surface area contributed by atoms with Crippen LogP contribution < -0.4 is 5.73 Å². The van der Waals surface area contributed by atoms with Crippen molar-refractivity contribution in [2.75, 3.05) is 18.8 Å². The second kappa shape index (κ2) is 5.61. The number of anilines is 1. The van der Waals surface area contributed by atoms with Gasteiger partial charge in [0.1, 0.15) is 0 Å². The van der Waals surface area contributed by atoms with Gasteiger partial charge in [-0.1, -0.05) is 6.07 Å². The van der Waals surface area contributed by atoms with Crippen LogP contribution in [0.1, 0.15) is 35.7 Å². The van der Waals surface area contributed by atoms with Crippen LogP contribution in [0, 0.1) is 12.8 Å². The number of amides is 1. The second-order valence-electron chi connectivity index (χ2n) is 5.44. The Morgan fingerprint density at radius 2 is 2.05 bits per heavy atom. The number of likely N-dealkylation sites (tertiary alicyclic amines) is 1. The van der Waals surface area contributed by atoms with Gasteiger partial charge in [-0.3, -0.25) is 4.79 Å². The maximum atomic E-state index is 12.5. The van der Waals surface area contributed by atoms with Gasteiger partial charge in [0.05, 0.1) is 6.10 Å². The van der Waals surface area contributed by atoms with Crippen LogP contribution in [0.4, 0.5) is 5.69 Å². The molecule has 1 saturated heterocycles. The minimum Gasteiger partial charge on any atom is -0.399 e. The summed E-state index contributed by atoms with van der Waals surface area (Å²) < 4.78 is 0. The van der Waals surface area contributed by atoms with E-state index in [1.165, 1.54) is 0 Å². The first-order valence-corrected chi connectivity index (χ1v) is 6.82. The van der Waals surface area contributed by atoms with Crippen molar-refractivity contribution in [3.8, 4) is 0 Å². The van der Waals surface area contributed by atoms with Crippen LogP contribution in [0.3, 0.4) is 0 Å². The molecule has 1 aromatic carbocycles. The zero-order valence-corrected chi connectivity index (χ0v) is 11.6. The van der Waals surface area contributed by atoms with Gasteiger partial charge in [0.15, 0.2) is 0 Å². The van der Waals surface area contributed by atoms with Crippen LogP contribution in [0.15, 0.2) is 18.2 Å². The van der Waals surface area contributed by atoms with E-state index in [1.807, 2.05) is 30.9 Å². The number of carbonyl (C=O) groups is 1. The summed E-state index contributed by atoms with van der Waals surface area (Å²) >= 11 is 0.